The van der Waals surface area contributed by atoms with E-state index in [2.05, 4.69) is 6.07 Å². The fourth-order valence-corrected chi connectivity index (χ4v) is 2.61. The smallest absolute Gasteiger partial charge is 0.0470 e. The molecule has 0 fully saturated rings. The minimum Gasteiger partial charge on any atom is -0.385 e. The van der Waals surface area contributed by atoms with Gasteiger partial charge in [0.15, 0.2) is 0 Å². The number of thioether (sulfide) groups is 1. The highest BCUT2D eigenvalue weighted by molar-refractivity contribution is 7.98. The molecule has 0 saturated carbocycles. The highest BCUT2D eigenvalue weighted by atomic mass is 35.5. The van der Waals surface area contributed by atoms with Gasteiger partial charge in [0.2, 0.25) is 0 Å². The van der Waals surface area contributed by atoms with E-state index < -0.39 is 0 Å². The number of halogens is 1. The molecule has 0 heterocycles. The summed E-state index contributed by atoms with van der Waals surface area (Å²) in [7, 11) is 1.73. The molecule has 1 rings (SSSR count). The zero-order valence-corrected chi connectivity index (χ0v) is 11.1. The van der Waals surface area contributed by atoms with Crippen molar-refractivity contribution in [2.75, 3.05) is 19.5 Å². The molecular formula is C12H18ClNOS. The number of ether oxygens (including phenoxy) is 1. The van der Waals surface area contributed by atoms with E-state index in [-0.39, 0.29) is 0 Å². The van der Waals surface area contributed by atoms with Gasteiger partial charge in [-0.05, 0) is 29.4 Å². The highest BCUT2D eigenvalue weighted by Crippen LogP contribution is 2.22. The van der Waals surface area contributed by atoms with Crippen LogP contribution in [0.25, 0.3) is 0 Å². The Morgan fingerprint density at radius 1 is 1.44 bits per heavy atom. The zero-order chi connectivity index (χ0) is 11.8. The van der Waals surface area contributed by atoms with Gasteiger partial charge >= 0.3 is 0 Å². The van der Waals surface area contributed by atoms with Crippen LogP contribution in [0.15, 0.2) is 18.2 Å². The molecule has 1 aromatic rings. The maximum Gasteiger partial charge on any atom is 0.0470 e. The summed E-state index contributed by atoms with van der Waals surface area (Å²) in [6, 6.07) is 6.05. The SMILES string of the molecule is COCCCSCc1ccc(CN)cc1Cl. The van der Waals surface area contributed by atoms with Crippen molar-refractivity contribution >= 4 is 23.4 Å². The van der Waals surface area contributed by atoms with E-state index in [1.165, 1.54) is 5.56 Å². The zero-order valence-electron chi connectivity index (χ0n) is 9.54. The largest absolute Gasteiger partial charge is 0.385 e. The molecule has 0 amide bonds. The van der Waals surface area contributed by atoms with E-state index in [1.54, 1.807) is 7.11 Å². The fourth-order valence-electron chi connectivity index (χ4n) is 1.32. The third-order valence-electron chi connectivity index (χ3n) is 2.25. The van der Waals surface area contributed by atoms with Gasteiger partial charge in [0.1, 0.15) is 0 Å². The molecule has 0 spiro atoms. The first kappa shape index (κ1) is 13.8. The second kappa shape index (κ2) is 7.96. The molecule has 0 aliphatic rings. The normalized spacial score (nSPS) is 10.7. The minimum atomic E-state index is 0.543. The van der Waals surface area contributed by atoms with Crippen LogP contribution in [0.4, 0.5) is 0 Å². The first-order valence-electron chi connectivity index (χ1n) is 5.32. The Bertz CT molecular complexity index is 320. The molecule has 0 aromatic heterocycles. The molecule has 0 aliphatic carbocycles. The van der Waals surface area contributed by atoms with Crippen molar-refractivity contribution in [1.82, 2.24) is 0 Å². The van der Waals surface area contributed by atoms with Crippen molar-refractivity contribution in [2.45, 2.75) is 18.7 Å². The van der Waals surface area contributed by atoms with Gasteiger partial charge in [0, 0.05) is 31.0 Å². The summed E-state index contributed by atoms with van der Waals surface area (Å²) in [6.07, 6.45) is 1.08. The Morgan fingerprint density at radius 3 is 2.88 bits per heavy atom. The standard InChI is InChI=1S/C12H18ClNOS/c1-15-5-2-6-16-9-11-4-3-10(8-14)7-12(11)13/h3-4,7H,2,5-6,8-9,14H2,1H3. The lowest BCUT2D eigenvalue weighted by atomic mass is 10.1. The molecular weight excluding hydrogens is 242 g/mol. The molecule has 2 N–H and O–H groups in total. The van der Waals surface area contributed by atoms with E-state index in [4.69, 9.17) is 22.1 Å². The van der Waals surface area contributed by atoms with Crippen LogP contribution in [0.1, 0.15) is 17.5 Å². The second-order valence-electron chi connectivity index (χ2n) is 3.53. The topological polar surface area (TPSA) is 35.2 Å². The van der Waals surface area contributed by atoms with Crippen LogP contribution in [-0.4, -0.2) is 19.5 Å². The monoisotopic (exact) mass is 259 g/mol. The van der Waals surface area contributed by atoms with Gasteiger partial charge in [0.25, 0.3) is 0 Å². The van der Waals surface area contributed by atoms with E-state index in [9.17, 15) is 0 Å². The summed E-state index contributed by atoms with van der Waals surface area (Å²) in [5.41, 5.74) is 7.81. The quantitative estimate of drug-likeness (QED) is 0.765. The maximum absolute atomic E-state index is 6.15. The molecule has 0 saturated heterocycles. The van der Waals surface area contributed by atoms with Gasteiger partial charge in [-0.25, -0.2) is 0 Å². The summed E-state index contributed by atoms with van der Waals surface area (Å²) in [5, 5.41) is 0.821. The summed E-state index contributed by atoms with van der Waals surface area (Å²) in [5.74, 6) is 2.05. The number of methoxy groups -OCH3 is 1. The highest BCUT2D eigenvalue weighted by Gasteiger charge is 2.01. The van der Waals surface area contributed by atoms with Gasteiger partial charge in [-0.2, -0.15) is 11.8 Å². The minimum absolute atomic E-state index is 0.543. The predicted molar refractivity (Wildman–Crippen MR) is 72.0 cm³/mol. The van der Waals surface area contributed by atoms with Crippen LogP contribution in [0.5, 0.6) is 0 Å². The van der Waals surface area contributed by atoms with E-state index in [0.717, 1.165) is 35.1 Å². The molecule has 16 heavy (non-hydrogen) atoms. The van der Waals surface area contributed by atoms with Gasteiger partial charge in [-0.1, -0.05) is 23.7 Å². The number of benzene rings is 1. The van der Waals surface area contributed by atoms with E-state index in [1.807, 2.05) is 23.9 Å². The summed E-state index contributed by atoms with van der Waals surface area (Å²) in [6.45, 7) is 1.37. The summed E-state index contributed by atoms with van der Waals surface area (Å²) >= 11 is 8.03. The van der Waals surface area contributed by atoms with Gasteiger partial charge in [0.05, 0.1) is 0 Å². The van der Waals surface area contributed by atoms with Crippen molar-refractivity contribution in [3.05, 3.63) is 34.3 Å². The van der Waals surface area contributed by atoms with Gasteiger partial charge < -0.3 is 10.5 Å². The van der Waals surface area contributed by atoms with Crippen molar-refractivity contribution in [3.63, 3.8) is 0 Å². The van der Waals surface area contributed by atoms with E-state index in [0.29, 0.717) is 6.54 Å². The molecule has 90 valence electrons. The number of hydrogen-bond donors (Lipinski definition) is 1. The van der Waals surface area contributed by atoms with E-state index >= 15 is 0 Å². The second-order valence-corrected chi connectivity index (χ2v) is 5.04. The molecule has 2 nitrogen and oxygen atoms in total. The number of nitrogens with two attached hydrogens (primary N) is 1. The van der Waals surface area contributed by atoms with Crippen LogP contribution in [0, 0.1) is 0 Å². The predicted octanol–water partition coefficient (Wildman–Crippen LogP) is 3.07. The van der Waals surface area contributed by atoms with Crippen molar-refractivity contribution in [1.29, 1.82) is 0 Å². The first-order chi connectivity index (χ1) is 7.77. The van der Waals surface area contributed by atoms with Crippen LogP contribution in [-0.2, 0) is 17.0 Å². The maximum atomic E-state index is 6.15. The van der Waals surface area contributed by atoms with Crippen LogP contribution >= 0.6 is 23.4 Å². The lowest BCUT2D eigenvalue weighted by Gasteiger charge is -2.06. The van der Waals surface area contributed by atoms with Crippen molar-refractivity contribution in [2.24, 2.45) is 5.73 Å². The third-order valence-corrected chi connectivity index (χ3v) is 3.69. The Balaban J connectivity index is 2.36. The summed E-state index contributed by atoms with van der Waals surface area (Å²) < 4.78 is 4.99. The molecule has 0 radical (unpaired) electrons. The molecule has 0 aliphatic heterocycles. The Hall–Kier alpha value is -0.220. The molecule has 0 atom stereocenters. The average molecular weight is 260 g/mol. The number of hydrogen-bond acceptors (Lipinski definition) is 3. The Morgan fingerprint density at radius 2 is 2.25 bits per heavy atom. The van der Waals surface area contributed by atoms with Crippen molar-refractivity contribution in [3.8, 4) is 0 Å². The van der Waals surface area contributed by atoms with Gasteiger partial charge in [-0.3, -0.25) is 0 Å². The molecule has 0 bridgehead atoms. The third kappa shape index (κ3) is 4.74. The average Bonchev–Trinajstić information content (AvgIpc) is 2.30. The Kier molecular flexibility index (Phi) is 6.88. The van der Waals surface area contributed by atoms with Crippen LogP contribution in [0.2, 0.25) is 5.02 Å². The molecule has 1 aromatic carbocycles. The van der Waals surface area contributed by atoms with Crippen LogP contribution < -0.4 is 5.73 Å². The first-order valence-corrected chi connectivity index (χ1v) is 6.85. The van der Waals surface area contributed by atoms with Crippen LogP contribution in [0.3, 0.4) is 0 Å². The lowest BCUT2D eigenvalue weighted by molar-refractivity contribution is 0.200. The molecule has 0 unspecified atom stereocenters. The Labute approximate surface area is 107 Å². The lowest BCUT2D eigenvalue weighted by Crippen LogP contribution is -1.97. The van der Waals surface area contributed by atoms with Crippen molar-refractivity contribution < 1.29 is 4.74 Å². The summed E-state index contributed by atoms with van der Waals surface area (Å²) in [4.78, 5) is 0. The fraction of sp³-hybridized carbons (Fsp3) is 0.500. The number of rotatable bonds is 7. The van der Waals surface area contributed by atoms with Gasteiger partial charge in [-0.15, -0.1) is 0 Å². The molecule has 4 heteroatoms.